The Hall–Kier alpha value is -0.870. The lowest BCUT2D eigenvalue weighted by Crippen LogP contribution is -2.15. The fraction of sp³-hybridized carbons (Fsp3) is 0.538. The summed E-state index contributed by atoms with van der Waals surface area (Å²) in [7, 11) is -3.16. The van der Waals surface area contributed by atoms with Crippen molar-refractivity contribution in [3.8, 4) is 0 Å². The maximum absolute atomic E-state index is 11.9. The number of hydrogen-bond acceptors (Lipinski definition) is 3. The van der Waals surface area contributed by atoms with Crippen LogP contribution in [0.3, 0.4) is 0 Å². The van der Waals surface area contributed by atoms with Crippen LogP contribution in [0.1, 0.15) is 38.7 Å². The zero-order valence-electron chi connectivity index (χ0n) is 10.7. The van der Waals surface area contributed by atoms with Crippen molar-refractivity contribution >= 4 is 9.84 Å². The molecule has 0 spiro atoms. The molecule has 0 radical (unpaired) electrons. The van der Waals surface area contributed by atoms with E-state index in [9.17, 15) is 8.42 Å². The van der Waals surface area contributed by atoms with Crippen LogP contribution >= 0.6 is 0 Å². The molecule has 2 N–H and O–H groups in total. The van der Waals surface area contributed by atoms with E-state index >= 15 is 0 Å². The van der Waals surface area contributed by atoms with Crippen molar-refractivity contribution in [2.24, 2.45) is 5.73 Å². The number of nitrogens with two attached hydrogens (primary N) is 1. The summed E-state index contributed by atoms with van der Waals surface area (Å²) < 4.78 is 23.9. The van der Waals surface area contributed by atoms with Gasteiger partial charge in [0.15, 0.2) is 9.84 Å². The Morgan fingerprint density at radius 1 is 1.18 bits per heavy atom. The number of hydrogen-bond donors (Lipinski definition) is 1. The summed E-state index contributed by atoms with van der Waals surface area (Å²) in [4.78, 5) is 0.392. The summed E-state index contributed by atoms with van der Waals surface area (Å²) in [6.45, 7) is 6.05. The Balaban J connectivity index is 3.04. The van der Waals surface area contributed by atoms with E-state index in [2.05, 4.69) is 6.92 Å². The van der Waals surface area contributed by atoms with Crippen molar-refractivity contribution in [1.29, 1.82) is 0 Å². The minimum absolute atomic E-state index is 0.311. The van der Waals surface area contributed by atoms with E-state index < -0.39 is 9.84 Å². The Morgan fingerprint density at radius 2 is 1.71 bits per heavy atom. The third-order valence-electron chi connectivity index (χ3n) is 3.08. The van der Waals surface area contributed by atoms with Crippen molar-refractivity contribution in [1.82, 2.24) is 0 Å². The van der Waals surface area contributed by atoms with Gasteiger partial charge in [0, 0.05) is 0 Å². The molecule has 0 saturated carbocycles. The van der Waals surface area contributed by atoms with E-state index in [4.69, 9.17) is 5.73 Å². The number of benzene rings is 1. The van der Waals surface area contributed by atoms with Crippen molar-refractivity contribution in [3.63, 3.8) is 0 Å². The van der Waals surface area contributed by atoms with Gasteiger partial charge < -0.3 is 5.73 Å². The second-order valence-corrected chi connectivity index (χ2v) is 7.01. The SMILES string of the molecule is CCC(CN)c1ccc(S(=O)(=O)C(C)C)cc1. The van der Waals surface area contributed by atoms with Gasteiger partial charge in [-0.05, 0) is 50.4 Å². The fourth-order valence-electron chi connectivity index (χ4n) is 1.74. The molecule has 0 heterocycles. The predicted octanol–water partition coefficient (Wildman–Crippen LogP) is 2.32. The first-order valence-corrected chi connectivity index (χ1v) is 7.52. The summed E-state index contributed by atoms with van der Waals surface area (Å²) >= 11 is 0. The molecule has 3 nitrogen and oxygen atoms in total. The zero-order chi connectivity index (χ0) is 13.1. The summed E-state index contributed by atoms with van der Waals surface area (Å²) in [5, 5.41) is -0.384. The lowest BCUT2D eigenvalue weighted by molar-refractivity contribution is 0.587. The molecule has 0 fully saturated rings. The highest BCUT2D eigenvalue weighted by atomic mass is 32.2. The average molecular weight is 255 g/mol. The van der Waals surface area contributed by atoms with Gasteiger partial charge in [-0.25, -0.2) is 8.42 Å². The number of rotatable bonds is 5. The zero-order valence-corrected chi connectivity index (χ0v) is 11.5. The lowest BCUT2D eigenvalue weighted by atomic mass is 9.97. The van der Waals surface area contributed by atoms with E-state index in [0.29, 0.717) is 17.4 Å². The topological polar surface area (TPSA) is 60.2 Å². The lowest BCUT2D eigenvalue weighted by Gasteiger charge is -2.14. The highest BCUT2D eigenvalue weighted by molar-refractivity contribution is 7.92. The molecule has 0 aromatic heterocycles. The standard InChI is InChI=1S/C13H21NO2S/c1-4-11(9-14)12-5-7-13(8-6-12)17(15,16)10(2)3/h5-8,10-11H,4,9,14H2,1-3H3. The van der Waals surface area contributed by atoms with Gasteiger partial charge in [-0.15, -0.1) is 0 Å². The van der Waals surface area contributed by atoms with Gasteiger partial charge in [0.05, 0.1) is 10.1 Å². The van der Waals surface area contributed by atoms with Crippen LogP contribution in [-0.2, 0) is 9.84 Å². The van der Waals surface area contributed by atoms with Gasteiger partial charge >= 0.3 is 0 Å². The average Bonchev–Trinajstić information content (AvgIpc) is 2.31. The molecule has 0 aliphatic heterocycles. The van der Waals surface area contributed by atoms with Crippen LogP contribution in [0.15, 0.2) is 29.2 Å². The molecule has 96 valence electrons. The van der Waals surface area contributed by atoms with Gasteiger partial charge in [-0.3, -0.25) is 0 Å². The first-order chi connectivity index (χ1) is 7.93. The minimum atomic E-state index is -3.16. The molecule has 1 unspecified atom stereocenters. The predicted molar refractivity (Wildman–Crippen MR) is 70.9 cm³/mol. The third kappa shape index (κ3) is 3.07. The maximum Gasteiger partial charge on any atom is 0.180 e. The van der Waals surface area contributed by atoms with Crippen molar-refractivity contribution < 1.29 is 8.42 Å². The van der Waals surface area contributed by atoms with Crippen LogP contribution in [0.4, 0.5) is 0 Å². The van der Waals surface area contributed by atoms with E-state index in [1.165, 1.54) is 0 Å². The Bertz CT molecular complexity index is 445. The van der Waals surface area contributed by atoms with Crippen molar-refractivity contribution in [2.45, 2.75) is 43.3 Å². The summed E-state index contributed by atoms with van der Waals surface area (Å²) in [6.07, 6.45) is 0.965. The van der Waals surface area contributed by atoms with Crippen LogP contribution in [0.2, 0.25) is 0 Å². The van der Waals surface area contributed by atoms with Crippen molar-refractivity contribution in [2.75, 3.05) is 6.54 Å². The normalized spacial score (nSPS) is 13.9. The summed E-state index contributed by atoms with van der Waals surface area (Å²) in [5.41, 5.74) is 6.78. The van der Waals surface area contributed by atoms with Crippen LogP contribution in [0.5, 0.6) is 0 Å². The van der Waals surface area contributed by atoms with E-state index in [0.717, 1.165) is 12.0 Å². The first kappa shape index (κ1) is 14.2. The Kier molecular flexibility index (Phi) is 4.71. The quantitative estimate of drug-likeness (QED) is 0.878. The van der Waals surface area contributed by atoms with Gasteiger partial charge in [0.25, 0.3) is 0 Å². The van der Waals surface area contributed by atoms with Gasteiger partial charge in [-0.1, -0.05) is 19.1 Å². The molecule has 17 heavy (non-hydrogen) atoms. The molecule has 0 aliphatic rings. The second kappa shape index (κ2) is 5.65. The molecule has 0 aliphatic carbocycles. The van der Waals surface area contributed by atoms with Crippen LogP contribution in [0, 0.1) is 0 Å². The molecule has 1 aromatic carbocycles. The monoisotopic (exact) mass is 255 g/mol. The largest absolute Gasteiger partial charge is 0.330 e. The van der Waals surface area contributed by atoms with Gasteiger partial charge in [0.2, 0.25) is 0 Å². The fourth-order valence-corrected chi connectivity index (χ4v) is 2.80. The molecular weight excluding hydrogens is 234 g/mol. The Morgan fingerprint density at radius 3 is 2.06 bits per heavy atom. The van der Waals surface area contributed by atoms with E-state index in [1.807, 2.05) is 12.1 Å². The first-order valence-electron chi connectivity index (χ1n) is 5.97. The highest BCUT2D eigenvalue weighted by Gasteiger charge is 2.19. The summed E-state index contributed by atoms with van der Waals surface area (Å²) in [6, 6.07) is 7.11. The van der Waals surface area contributed by atoms with Gasteiger partial charge in [-0.2, -0.15) is 0 Å². The molecule has 0 saturated heterocycles. The molecule has 0 amide bonds. The van der Waals surface area contributed by atoms with Crippen LogP contribution in [-0.4, -0.2) is 20.2 Å². The molecule has 4 heteroatoms. The maximum atomic E-state index is 11.9. The molecule has 1 atom stereocenters. The molecule has 1 aromatic rings. The van der Waals surface area contributed by atoms with Crippen molar-refractivity contribution in [3.05, 3.63) is 29.8 Å². The Labute approximate surface area is 104 Å². The molecular formula is C13H21NO2S. The third-order valence-corrected chi connectivity index (χ3v) is 5.25. The van der Waals surface area contributed by atoms with Crippen LogP contribution in [0.25, 0.3) is 0 Å². The number of sulfone groups is 1. The highest BCUT2D eigenvalue weighted by Crippen LogP contribution is 2.22. The van der Waals surface area contributed by atoms with E-state index in [1.54, 1.807) is 26.0 Å². The molecule has 1 rings (SSSR count). The smallest absolute Gasteiger partial charge is 0.180 e. The van der Waals surface area contributed by atoms with E-state index in [-0.39, 0.29) is 5.25 Å². The summed E-state index contributed by atoms with van der Waals surface area (Å²) in [5.74, 6) is 0.311. The van der Waals surface area contributed by atoms with Gasteiger partial charge in [0.1, 0.15) is 0 Å². The van der Waals surface area contributed by atoms with Crippen LogP contribution < -0.4 is 5.73 Å². The minimum Gasteiger partial charge on any atom is -0.330 e. The second-order valence-electron chi connectivity index (χ2n) is 4.50. The molecule has 0 bridgehead atoms.